The van der Waals surface area contributed by atoms with Crippen LogP contribution in [0.25, 0.3) is 0 Å². The van der Waals surface area contributed by atoms with Crippen LogP contribution in [0.15, 0.2) is 18.2 Å². The number of carbonyl (C=O) groups is 1. The van der Waals surface area contributed by atoms with Gasteiger partial charge in [0.1, 0.15) is 6.10 Å². The smallest absolute Gasteiger partial charge is 0.303 e. The highest BCUT2D eigenvalue weighted by atomic mass is 32.2. The molecule has 0 unspecified atom stereocenters. The van der Waals surface area contributed by atoms with Crippen molar-refractivity contribution in [3.8, 4) is 11.5 Å². The molecule has 116 valence electrons. The van der Waals surface area contributed by atoms with Crippen molar-refractivity contribution < 1.29 is 19.4 Å². The van der Waals surface area contributed by atoms with E-state index in [4.69, 9.17) is 14.6 Å². The fourth-order valence-electron chi connectivity index (χ4n) is 2.38. The largest absolute Gasteiger partial charge is 0.493 e. The van der Waals surface area contributed by atoms with Crippen molar-refractivity contribution in [1.29, 1.82) is 0 Å². The Bertz CT molecular complexity index is 469. The zero-order valence-electron chi connectivity index (χ0n) is 12.3. The minimum atomic E-state index is -0.753. The van der Waals surface area contributed by atoms with Crippen molar-refractivity contribution in [2.24, 2.45) is 0 Å². The molecule has 0 atom stereocenters. The van der Waals surface area contributed by atoms with Gasteiger partial charge >= 0.3 is 5.97 Å². The summed E-state index contributed by atoms with van der Waals surface area (Å²) in [6.45, 7) is 0. The maximum absolute atomic E-state index is 10.5. The van der Waals surface area contributed by atoms with Crippen LogP contribution in [-0.2, 0) is 11.2 Å². The molecule has 4 nitrogen and oxygen atoms in total. The third kappa shape index (κ3) is 5.16. The fourth-order valence-corrected chi connectivity index (χ4v) is 3.45. The Morgan fingerprint density at radius 3 is 2.76 bits per heavy atom. The van der Waals surface area contributed by atoms with Gasteiger partial charge in [0.2, 0.25) is 0 Å². The Kier molecular flexibility index (Phi) is 6.23. The predicted molar refractivity (Wildman–Crippen MR) is 84.5 cm³/mol. The highest BCUT2D eigenvalue weighted by Gasteiger charge is 2.17. The molecule has 0 saturated carbocycles. The number of hydrogen-bond donors (Lipinski definition) is 1. The molecule has 0 aliphatic carbocycles. The van der Waals surface area contributed by atoms with E-state index in [-0.39, 0.29) is 12.5 Å². The van der Waals surface area contributed by atoms with Crippen molar-refractivity contribution in [3.63, 3.8) is 0 Å². The highest BCUT2D eigenvalue weighted by molar-refractivity contribution is 7.99. The number of ether oxygens (including phenoxy) is 2. The number of aryl methyl sites for hydroxylation is 1. The molecule has 1 N–H and O–H groups in total. The van der Waals surface area contributed by atoms with Gasteiger partial charge in [-0.1, -0.05) is 6.07 Å². The summed E-state index contributed by atoms with van der Waals surface area (Å²) in [5.74, 6) is 3.08. The second-order valence-electron chi connectivity index (χ2n) is 5.16. The Morgan fingerprint density at radius 2 is 2.10 bits per heavy atom. The van der Waals surface area contributed by atoms with E-state index in [0.717, 1.165) is 47.8 Å². The van der Waals surface area contributed by atoms with Crippen LogP contribution in [0.5, 0.6) is 11.5 Å². The molecular formula is C16H22O4S. The van der Waals surface area contributed by atoms with Gasteiger partial charge in [0, 0.05) is 6.42 Å². The summed E-state index contributed by atoms with van der Waals surface area (Å²) in [4.78, 5) is 10.5. The highest BCUT2D eigenvalue weighted by Crippen LogP contribution is 2.32. The van der Waals surface area contributed by atoms with E-state index in [1.807, 2.05) is 30.0 Å². The topological polar surface area (TPSA) is 55.8 Å². The number of hydrogen-bond acceptors (Lipinski definition) is 4. The van der Waals surface area contributed by atoms with E-state index in [9.17, 15) is 4.79 Å². The zero-order valence-corrected chi connectivity index (χ0v) is 13.2. The van der Waals surface area contributed by atoms with Crippen LogP contribution < -0.4 is 9.47 Å². The van der Waals surface area contributed by atoms with Crippen LogP contribution in [0.1, 0.15) is 31.2 Å². The van der Waals surface area contributed by atoms with Gasteiger partial charge in [0.15, 0.2) is 11.5 Å². The van der Waals surface area contributed by atoms with Crippen molar-refractivity contribution in [1.82, 2.24) is 0 Å². The number of thioether (sulfide) groups is 1. The minimum absolute atomic E-state index is 0.195. The summed E-state index contributed by atoms with van der Waals surface area (Å²) in [5, 5.41) is 8.67. The Hall–Kier alpha value is -1.36. The van der Waals surface area contributed by atoms with Gasteiger partial charge in [-0.25, -0.2) is 0 Å². The minimum Gasteiger partial charge on any atom is -0.493 e. The van der Waals surface area contributed by atoms with Crippen molar-refractivity contribution in [3.05, 3.63) is 23.8 Å². The first kappa shape index (κ1) is 16.0. The first-order valence-corrected chi connectivity index (χ1v) is 8.47. The van der Waals surface area contributed by atoms with Crippen molar-refractivity contribution in [2.75, 3.05) is 18.6 Å². The van der Waals surface area contributed by atoms with E-state index < -0.39 is 5.97 Å². The number of methoxy groups -OCH3 is 1. The molecule has 0 radical (unpaired) electrons. The van der Waals surface area contributed by atoms with Crippen LogP contribution in [0.4, 0.5) is 0 Å². The number of carboxylic acid groups (broad SMARTS) is 1. The first-order valence-electron chi connectivity index (χ1n) is 7.32. The molecule has 1 aromatic rings. The molecular weight excluding hydrogens is 288 g/mol. The zero-order chi connectivity index (χ0) is 15.1. The molecule has 1 fully saturated rings. The normalized spacial score (nSPS) is 15.7. The van der Waals surface area contributed by atoms with E-state index in [1.165, 1.54) is 0 Å². The third-order valence-corrected chi connectivity index (χ3v) is 4.59. The standard InChI is InChI=1S/C16H22O4S/c1-19-15-11-12(3-2-4-16(17)18)5-6-14(15)20-13-7-9-21-10-8-13/h5-6,11,13H,2-4,7-10H2,1H3,(H,17,18). The van der Waals surface area contributed by atoms with Crippen LogP contribution in [0.2, 0.25) is 0 Å². The number of benzene rings is 1. The second kappa shape index (κ2) is 8.17. The summed E-state index contributed by atoms with van der Waals surface area (Å²) in [6.07, 6.45) is 4.00. The monoisotopic (exact) mass is 310 g/mol. The Labute approximate surface area is 129 Å². The van der Waals surface area contributed by atoms with E-state index in [2.05, 4.69) is 0 Å². The van der Waals surface area contributed by atoms with Gasteiger partial charge in [-0.2, -0.15) is 11.8 Å². The molecule has 0 aromatic heterocycles. The Morgan fingerprint density at radius 1 is 1.33 bits per heavy atom. The van der Waals surface area contributed by atoms with Gasteiger partial charge < -0.3 is 14.6 Å². The van der Waals surface area contributed by atoms with Gasteiger partial charge in [-0.05, 0) is 54.9 Å². The summed E-state index contributed by atoms with van der Waals surface area (Å²) >= 11 is 1.97. The van der Waals surface area contributed by atoms with Crippen LogP contribution >= 0.6 is 11.8 Å². The summed E-state index contributed by atoms with van der Waals surface area (Å²) in [5.41, 5.74) is 1.08. The molecule has 1 aromatic carbocycles. The average Bonchev–Trinajstić information content (AvgIpc) is 2.49. The first-order chi connectivity index (χ1) is 10.2. The molecule has 0 bridgehead atoms. The lowest BCUT2D eigenvalue weighted by atomic mass is 10.1. The SMILES string of the molecule is COc1cc(CCCC(=O)O)ccc1OC1CCSCC1. The number of rotatable bonds is 7. The average molecular weight is 310 g/mol. The molecule has 0 amide bonds. The van der Waals surface area contributed by atoms with Crippen molar-refractivity contribution in [2.45, 2.75) is 38.2 Å². The summed E-state index contributed by atoms with van der Waals surface area (Å²) in [7, 11) is 1.64. The van der Waals surface area contributed by atoms with Gasteiger partial charge in [-0.3, -0.25) is 4.79 Å². The van der Waals surface area contributed by atoms with E-state index >= 15 is 0 Å². The second-order valence-corrected chi connectivity index (χ2v) is 6.39. The number of carboxylic acids is 1. The molecule has 1 heterocycles. The lowest BCUT2D eigenvalue weighted by Crippen LogP contribution is -2.22. The van der Waals surface area contributed by atoms with E-state index in [0.29, 0.717) is 6.42 Å². The maximum atomic E-state index is 10.5. The van der Waals surface area contributed by atoms with Crippen molar-refractivity contribution >= 4 is 17.7 Å². The van der Waals surface area contributed by atoms with Gasteiger partial charge in [-0.15, -0.1) is 0 Å². The van der Waals surface area contributed by atoms with Crippen LogP contribution in [-0.4, -0.2) is 35.8 Å². The Balaban J connectivity index is 1.96. The lowest BCUT2D eigenvalue weighted by Gasteiger charge is -2.24. The van der Waals surface area contributed by atoms with Crippen LogP contribution in [0, 0.1) is 0 Å². The van der Waals surface area contributed by atoms with Gasteiger partial charge in [0.05, 0.1) is 7.11 Å². The third-order valence-electron chi connectivity index (χ3n) is 3.55. The summed E-state index contributed by atoms with van der Waals surface area (Å²) < 4.78 is 11.5. The van der Waals surface area contributed by atoms with Gasteiger partial charge in [0.25, 0.3) is 0 Å². The molecule has 5 heteroatoms. The molecule has 1 saturated heterocycles. The number of aliphatic carboxylic acids is 1. The molecule has 21 heavy (non-hydrogen) atoms. The predicted octanol–water partition coefficient (Wildman–Crippen LogP) is 3.38. The van der Waals surface area contributed by atoms with E-state index in [1.54, 1.807) is 7.11 Å². The fraction of sp³-hybridized carbons (Fsp3) is 0.562. The van der Waals surface area contributed by atoms with Crippen LogP contribution in [0.3, 0.4) is 0 Å². The maximum Gasteiger partial charge on any atom is 0.303 e. The quantitative estimate of drug-likeness (QED) is 0.836. The molecule has 2 rings (SSSR count). The molecule has 1 aliphatic heterocycles. The summed E-state index contributed by atoms with van der Waals surface area (Å²) in [6, 6.07) is 5.89. The lowest BCUT2D eigenvalue weighted by molar-refractivity contribution is -0.137. The molecule has 1 aliphatic rings. The molecule has 0 spiro atoms.